The van der Waals surface area contributed by atoms with Crippen molar-refractivity contribution in [3.63, 3.8) is 0 Å². The van der Waals surface area contributed by atoms with Crippen molar-refractivity contribution in [2.24, 2.45) is 5.92 Å². The van der Waals surface area contributed by atoms with Crippen molar-refractivity contribution in [1.82, 2.24) is 14.1 Å². The number of nitrogens with one attached hydrogen (secondary N) is 2. The first-order chi connectivity index (χ1) is 8.58. The standard InChI is InChI=1S/C11H13ClN4S2/c1-6(2)5-13-11(17)14-9-7(12)3-4-8-10(9)16-18-15-8/h3-4,6H,5H2,1-2H3,(H2,13,14,17). The van der Waals surface area contributed by atoms with E-state index in [2.05, 4.69) is 33.2 Å². The average molecular weight is 301 g/mol. The van der Waals surface area contributed by atoms with Gasteiger partial charge in [-0.1, -0.05) is 25.4 Å². The van der Waals surface area contributed by atoms with E-state index >= 15 is 0 Å². The molecule has 2 aromatic rings. The van der Waals surface area contributed by atoms with Gasteiger partial charge < -0.3 is 10.6 Å². The highest BCUT2D eigenvalue weighted by Crippen LogP contribution is 2.29. The number of rotatable bonds is 3. The Morgan fingerprint density at radius 3 is 2.94 bits per heavy atom. The van der Waals surface area contributed by atoms with Gasteiger partial charge >= 0.3 is 0 Å². The van der Waals surface area contributed by atoms with Crippen LogP contribution in [0, 0.1) is 5.92 Å². The second kappa shape index (κ2) is 5.77. The number of hydrogen-bond donors (Lipinski definition) is 2. The van der Waals surface area contributed by atoms with Crippen molar-refractivity contribution in [2.45, 2.75) is 13.8 Å². The molecule has 0 atom stereocenters. The molecule has 0 aliphatic rings. The van der Waals surface area contributed by atoms with Crippen molar-refractivity contribution in [3.05, 3.63) is 17.2 Å². The van der Waals surface area contributed by atoms with Gasteiger partial charge in [-0.15, -0.1) is 0 Å². The summed E-state index contributed by atoms with van der Waals surface area (Å²) in [6.07, 6.45) is 0. The molecular weight excluding hydrogens is 288 g/mol. The van der Waals surface area contributed by atoms with Crippen LogP contribution in [0.3, 0.4) is 0 Å². The molecule has 0 radical (unpaired) electrons. The number of aromatic nitrogens is 2. The Balaban J connectivity index is 2.18. The third-order valence-electron chi connectivity index (χ3n) is 2.29. The molecule has 0 aliphatic carbocycles. The highest BCUT2D eigenvalue weighted by molar-refractivity contribution is 7.80. The van der Waals surface area contributed by atoms with Gasteiger partial charge in [-0.25, -0.2) is 0 Å². The van der Waals surface area contributed by atoms with Crippen LogP contribution in [-0.4, -0.2) is 20.4 Å². The van der Waals surface area contributed by atoms with Crippen LogP contribution >= 0.6 is 35.5 Å². The summed E-state index contributed by atoms with van der Waals surface area (Å²) >= 11 is 12.5. The quantitative estimate of drug-likeness (QED) is 0.852. The summed E-state index contributed by atoms with van der Waals surface area (Å²) in [5.41, 5.74) is 2.28. The lowest BCUT2D eigenvalue weighted by molar-refractivity contribution is 0.627. The van der Waals surface area contributed by atoms with Crippen LogP contribution in [0.1, 0.15) is 13.8 Å². The van der Waals surface area contributed by atoms with Gasteiger partial charge in [0.15, 0.2) is 5.11 Å². The van der Waals surface area contributed by atoms with Crippen molar-refractivity contribution in [3.8, 4) is 0 Å². The fourth-order valence-electron chi connectivity index (χ4n) is 1.40. The number of nitrogens with zero attached hydrogens (tertiary/aromatic N) is 2. The lowest BCUT2D eigenvalue weighted by Crippen LogP contribution is -2.31. The molecule has 0 saturated heterocycles. The molecule has 1 heterocycles. The van der Waals surface area contributed by atoms with Gasteiger partial charge in [0.25, 0.3) is 0 Å². The molecule has 0 unspecified atom stereocenters. The Morgan fingerprint density at radius 2 is 2.22 bits per heavy atom. The van der Waals surface area contributed by atoms with Crippen LogP contribution in [0.25, 0.3) is 11.0 Å². The summed E-state index contributed by atoms with van der Waals surface area (Å²) in [6, 6.07) is 3.63. The molecule has 0 saturated carbocycles. The number of hydrogen-bond acceptors (Lipinski definition) is 4. The van der Waals surface area contributed by atoms with Crippen LogP contribution in [0.15, 0.2) is 12.1 Å². The Morgan fingerprint density at radius 1 is 1.44 bits per heavy atom. The number of anilines is 1. The van der Waals surface area contributed by atoms with Crippen LogP contribution in [-0.2, 0) is 0 Å². The Bertz CT molecular complexity index is 567. The Hall–Kier alpha value is -0.980. The minimum atomic E-state index is 0.525. The van der Waals surface area contributed by atoms with E-state index in [1.807, 2.05) is 6.07 Å². The smallest absolute Gasteiger partial charge is 0.170 e. The van der Waals surface area contributed by atoms with E-state index in [4.69, 9.17) is 23.8 Å². The third-order valence-corrected chi connectivity index (χ3v) is 3.39. The Kier molecular flexibility index (Phi) is 4.31. The predicted octanol–water partition coefficient (Wildman–Crippen LogP) is 3.29. The zero-order valence-corrected chi connectivity index (χ0v) is 12.4. The van der Waals surface area contributed by atoms with Crippen molar-refractivity contribution < 1.29 is 0 Å². The summed E-state index contributed by atoms with van der Waals surface area (Å²) < 4.78 is 8.39. The summed E-state index contributed by atoms with van der Waals surface area (Å²) in [4.78, 5) is 0. The first-order valence-electron chi connectivity index (χ1n) is 5.53. The molecule has 0 spiro atoms. The van der Waals surface area contributed by atoms with Gasteiger partial charge in [0.2, 0.25) is 0 Å². The number of benzene rings is 1. The summed E-state index contributed by atoms with van der Waals surface area (Å²) in [5.74, 6) is 0.525. The first-order valence-corrected chi connectivity index (χ1v) is 7.05. The second-order valence-corrected chi connectivity index (χ2v) is 5.63. The van der Waals surface area contributed by atoms with Crippen LogP contribution in [0.4, 0.5) is 5.69 Å². The predicted molar refractivity (Wildman–Crippen MR) is 81.5 cm³/mol. The van der Waals surface area contributed by atoms with Gasteiger partial charge in [0, 0.05) is 6.54 Å². The molecule has 96 valence electrons. The molecule has 2 rings (SSSR count). The number of thiocarbonyl (C=S) groups is 1. The summed E-state index contributed by atoms with van der Waals surface area (Å²) in [5, 5.41) is 7.35. The molecule has 1 aromatic heterocycles. The highest BCUT2D eigenvalue weighted by atomic mass is 35.5. The van der Waals surface area contributed by atoms with E-state index in [1.165, 1.54) is 0 Å². The summed E-state index contributed by atoms with van der Waals surface area (Å²) in [6.45, 7) is 5.05. The van der Waals surface area contributed by atoms with Crippen LogP contribution < -0.4 is 10.6 Å². The third kappa shape index (κ3) is 3.07. The molecule has 0 bridgehead atoms. The molecule has 4 nitrogen and oxygen atoms in total. The van der Waals surface area contributed by atoms with E-state index in [0.29, 0.717) is 21.7 Å². The molecule has 0 aliphatic heterocycles. The number of halogens is 1. The lowest BCUT2D eigenvalue weighted by Gasteiger charge is -2.13. The molecule has 2 N–H and O–H groups in total. The zero-order valence-electron chi connectivity index (χ0n) is 10.0. The van der Waals surface area contributed by atoms with E-state index in [0.717, 1.165) is 29.3 Å². The zero-order chi connectivity index (χ0) is 13.1. The summed E-state index contributed by atoms with van der Waals surface area (Å²) in [7, 11) is 0. The maximum atomic E-state index is 6.15. The van der Waals surface area contributed by atoms with Gasteiger partial charge in [-0.3, -0.25) is 0 Å². The molecular formula is C11H13ClN4S2. The van der Waals surface area contributed by atoms with Crippen molar-refractivity contribution in [2.75, 3.05) is 11.9 Å². The van der Waals surface area contributed by atoms with Crippen molar-refractivity contribution in [1.29, 1.82) is 0 Å². The largest absolute Gasteiger partial charge is 0.362 e. The van der Waals surface area contributed by atoms with E-state index in [-0.39, 0.29) is 0 Å². The molecule has 7 heteroatoms. The molecule has 0 fully saturated rings. The fourth-order valence-corrected chi connectivity index (χ4v) is 2.33. The molecule has 0 amide bonds. The van der Waals surface area contributed by atoms with Gasteiger partial charge in [0.05, 0.1) is 22.4 Å². The maximum absolute atomic E-state index is 6.15. The van der Waals surface area contributed by atoms with E-state index in [1.54, 1.807) is 6.07 Å². The van der Waals surface area contributed by atoms with Gasteiger partial charge in [-0.2, -0.15) is 8.75 Å². The fraction of sp³-hybridized carbons (Fsp3) is 0.364. The monoisotopic (exact) mass is 300 g/mol. The average Bonchev–Trinajstić information content (AvgIpc) is 2.78. The number of fused-ring (bicyclic) bond motifs is 1. The van der Waals surface area contributed by atoms with E-state index in [9.17, 15) is 0 Å². The van der Waals surface area contributed by atoms with Gasteiger partial charge in [-0.05, 0) is 30.3 Å². The normalized spacial score (nSPS) is 10.9. The molecule has 1 aromatic carbocycles. The second-order valence-electron chi connectivity index (χ2n) is 4.28. The topological polar surface area (TPSA) is 49.8 Å². The Labute approximate surface area is 120 Å². The SMILES string of the molecule is CC(C)CNC(=S)Nc1c(Cl)ccc2nsnc12. The first kappa shape index (κ1) is 13.5. The van der Waals surface area contributed by atoms with Crippen LogP contribution in [0.5, 0.6) is 0 Å². The highest BCUT2D eigenvalue weighted by Gasteiger charge is 2.11. The van der Waals surface area contributed by atoms with Gasteiger partial charge in [0.1, 0.15) is 11.0 Å². The lowest BCUT2D eigenvalue weighted by atomic mass is 10.2. The molecule has 18 heavy (non-hydrogen) atoms. The maximum Gasteiger partial charge on any atom is 0.170 e. The van der Waals surface area contributed by atoms with Crippen molar-refractivity contribution >= 4 is 57.4 Å². The van der Waals surface area contributed by atoms with Crippen LogP contribution in [0.2, 0.25) is 5.02 Å². The van der Waals surface area contributed by atoms with E-state index < -0.39 is 0 Å². The minimum Gasteiger partial charge on any atom is -0.362 e. The minimum absolute atomic E-state index is 0.525.